The number of anilines is 1. The summed E-state index contributed by atoms with van der Waals surface area (Å²) in [5.74, 6) is 1.63. The van der Waals surface area contributed by atoms with E-state index in [0.717, 1.165) is 30.6 Å². The first kappa shape index (κ1) is 14.0. The molecule has 0 unspecified atom stereocenters. The van der Waals surface area contributed by atoms with Crippen molar-refractivity contribution in [3.8, 4) is 5.75 Å². The first-order valence-corrected chi connectivity index (χ1v) is 7.48. The number of ether oxygens (including phenoxy) is 1. The Kier molecular flexibility index (Phi) is 4.75. The second-order valence-electron chi connectivity index (χ2n) is 3.51. The average Bonchev–Trinajstić information content (AvgIpc) is 2.74. The van der Waals surface area contributed by atoms with Crippen LogP contribution in [0.1, 0.15) is 5.76 Å². The average molecular weight is 440 g/mol. The molecular formula is C12H10Br3NO2. The van der Waals surface area contributed by atoms with E-state index in [4.69, 9.17) is 9.15 Å². The standard InChI is InChI=1S/C12H10Br3NO2/c1-17-11-5-10(8(14)4-9(11)15)16-6-12-7(13)2-3-18-12/h2-5,16H,6H2,1H3. The lowest BCUT2D eigenvalue weighted by molar-refractivity contribution is 0.412. The van der Waals surface area contributed by atoms with E-state index in [1.54, 1.807) is 13.4 Å². The van der Waals surface area contributed by atoms with Gasteiger partial charge in [-0.1, -0.05) is 0 Å². The number of hydrogen-bond donors (Lipinski definition) is 1. The number of rotatable bonds is 4. The largest absolute Gasteiger partial charge is 0.495 e. The van der Waals surface area contributed by atoms with Crippen molar-refractivity contribution >= 4 is 53.5 Å². The van der Waals surface area contributed by atoms with Gasteiger partial charge in [0.05, 0.1) is 34.6 Å². The Morgan fingerprint density at radius 3 is 2.56 bits per heavy atom. The molecule has 0 fully saturated rings. The number of nitrogens with one attached hydrogen (secondary N) is 1. The van der Waals surface area contributed by atoms with Gasteiger partial charge in [0.1, 0.15) is 11.5 Å². The summed E-state index contributed by atoms with van der Waals surface area (Å²) in [6, 6.07) is 5.73. The first-order chi connectivity index (χ1) is 8.61. The van der Waals surface area contributed by atoms with Crippen LogP contribution in [-0.4, -0.2) is 7.11 Å². The molecule has 0 amide bonds. The van der Waals surface area contributed by atoms with E-state index < -0.39 is 0 Å². The molecule has 0 radical (unpaired) electrons. The molecule has 2 rings (SSSR count). The molecule has 18 heavy (non-hydrogen) atoms. The van der Waals surface area contributed by atoms with Gasteiger partial charge in [-0.05, 0) is 59.9 Å². The zero-order valence-electron chi connectivity index (χ0n) is 9.47. The summed E-state index contributed by atoms with van der Waals surface area (Å²) >= 11 is 10.4. The normalized spacial score (nSPS) is 10.4. The Labute approximate surface area is 130 Å². The third kappa shape index (κ3) is 3.10. The molecule has 0 bridgehead atoms. The van der Waals surface area contributed by atoms with Crippen LogP contribution in [0, 0.1) is 0 Å². The SMILES string of the molecule is COc1cc(NCc2occc2Br)c(Br)cc1Br. The molecule has 3 nitrogen and oxygen atoms in total. The van der Waals surface area contributed by atoms with E-state index >= 15 is 0 Å². The molecule has 0 saturated carbocycles. The van der Waals surface area contributed by atoms with Crippen molar-refractivity contribution in [2.75, 3.05) is 12.4 Å². The topological polar surface area (TPSA) is 34.4 Å². The molecule has 0 aliphatic heterocycles. The van der Waals surface area contributed by atoms with E-state index in [1.165, 1.54) is 0 Å². The van der Waals surface area contributed by atoms with E-state index in [-0.39, 0.29) is 0 Å². The van der Waals surface area contributed by atoms with Crippen molar-refractivity contribution in [2.24, 2.45) is 0 Å². The van der Waals surface area contributed by atoms with Crippen LogP contribution in [0.2, 0.25) is 0 Å². The van der Waals surface area contributed by atoms with E-state index in [9.17, 15) is 0 Å². The lowest BCUT2D eigenvalue weighted by atomic mass is 10.3. The fourth-order valence-corrected chi connectivity index (χ4v) is 3.09. The Balaban J connectivity index is 2.16. The molecule has 0 spiro atoms. The van der Waals surface area contributed by atoms with Gasteiger partial charge in [-0.25, -0.2) is 0 Å². The summed E-state index contributed by atoms with van der Waals surface area (Å²) in [6.45, 7) is 0.594. The van der Waals surface area contributed by atoms with Gasteiger partial charge in [-0.15, -0.1) is 0 Å². The van der Waals surface area contributed by atoms with Crippen LogP contribution in [0.3, 0.4) is 0 Å². The predicted molar refractivity (Wildman–Crippen MR) is 82.1 cm³/mol. The zero-order valence-corrected chi connectivity index (χ0v) is 14.2. The van der Waals surface area contributed by atoms with Crippen LogP contribution in [0.4, 0.5) is 5.69 Å². The van der Waals surface area contributed by atoms with Crippen LogP contribution in [0.15, 0.2) is 42.3 Å². The van der Waals surface area contributed by atoms with Crippen LogP contribution in [-0.2, 0) is 6.54 Å². The molecule has 1 aromatic carbocycles. The fraction of sp³-hybridized carbons (Fsp3) is 0.167. The van der Waals surface area contributed by atoms with Crippen LogP contribution in [0.5, 0.6) is 5.75 Å². The van der Waals surface area contributed by atoms with Crippen LogP contribution < -0.4 is 10.1 Å². The molecule has 1 heterocycles. The summed E-state index contributed by atoms with van der Waals surface area (Å²) < 4.78 is 13.4. The Hall–Kier alpha value is -0.460. The molecular weight excluding hydrogens is 430 g/mol. The summed E-state index contributed by atoms with van der Waals surface area (Å²) in [6.07, 6.45) is 1.65. The second-order valence-corrected chi connectivity index (χ2v) is 6.07. The van der Waals surface area contributed by atoms with Gasteiger partial charge in [-0.3, -0.25) is 0 Å². The highest BCUT2D eigenvalue weighted by Crippen LogP contribution is 2.35. The summed E-state index contributed by atoms with van der Waals surface area (Å²) in [5, 5.41) is 3.29. The van der Waals surface area contributed by atoms with Gasteiger partial charge >= 0.3 is 0 Å². The van der Waals surface area contributed by atoms with Crippen LogP contribution in [0.25, 0.3) is 0 Å². The number of hydrogen-bond acceptors (Lipinski definition) is 3. The summed E-state index contributed by atoms with van der Waals surface area (Å²) in [7, 11) is 1.64. The van der Waals surface area contributed by atoms with Gasteiger partial charge in [-0.2, -0.15) is 0 Å². The summed E-state index contributed by atoms with van der Waals surface area (Å²) in [5.41, 5.74) is 0.943. The van der Waals surface area contributed by atoms with Gasteiger partial charge in [0.25, 0.3) is 0 Å². The van der Waals surface area contributed by atoms with Crippen molar-refractivity contribution in [2.45, 2.75) is 6.54 Å². The van der Waals surface area contributed by atoms with E-state index in [2.05, 4.69) is 53.1 Å². The number of furan rings is 1. The highest BCUT2D eigenvalue weighted by Gasteiger charge is 2.08. The van der Waals surface area contributed by atoms with Crippen molar-refractivity contribution < 1.29 is 9.15 Å². The minimum atomic E-state index is 0.594. The highest BCUT2D eigenvalue weighted by molar-refractivity contribution is 9.11. The minimum Gasteiger partial charge on any atom is -0.495 e. The van der Waals surface area contributed by atoms with Crippen LogP contribution >= 0.6 is 47.8 Å². The Morgan fingerprint density at radius 1 is 1.17 bits per heavy atom. The lowest BCUT2D eigenvalue weighted by Crippen LogP contribution is -2.00. The number of halogens is 3. The van der Waals surface area contributed by atoms with E-state index in [1.807, 2.05) is 18.2 Å². The third-order valence-corrected chi connectivity index (χ3v) is 4.35. The minimum absolute atomic E-state index is 0.594. The van der Waals surface area contributed by atoms with E-state index in [0.29, 0.717) is 6.54 Å². The van der Waals surface area contributed by atoms with Gasteiger partial charge in [0.15, 0.2) is 0 Å². The molecule has 0 aliphatic rings. The Morgan fingerprint density at radius 2 is 1.94 bits per heavy atom. The van der Waals surface area contributed by atoms with Crippen molar-refractivity contribution in [1.29, 1.82) is 0 Å². The molecule has 0 saturated heterocycles. The molecule has 0 atom stereocenters. The highest BCUT2D eigenvalue weighted by atomic mass is 79.9. The molecule has 1 N–H and O–H groups in total. The maximum Gasteiger partial charge on any atom is 0.136 e. The first-order valence-electron chi connectivity index (χ1n) is 5.10. The second kappa shape index (κ2) is 6.12. The molecule has 6 heteroatoms. The molecule has 2 aromatic rings. The maximum absolute atomic E-state index is 5.34. The number of benzene rings is 1. The predicted octanol–water partition coefficient (Wildman–Crippen LogP) is 5.19. The number of methoxy groups -OCH3 is 1. The van der Waals surface area contributed by atoms with Crippen molar-refractivity contribution in [3.63, 3.8) is 0 Å². The molecule has 0 aliphatic carbocycles. The quantitative estimate of drug-likeness (QED) is 0.712. The lowest BCUT2D eigenvalue weighted by Gasteiger charge is -2.11. The molecule has 96 valence electrons. The monoisotopic (exact) mass is 437 g/mol. The van der Waals surface area contributed by atoms with Crippen molar-refractivity contribution in [1.82, 2.24) is 0 Å². The third-order valence-electron chi connectivity index (χ3n) is 2.37. The smallest absolute Gasteiger partial charge is 0.136 e. The zero-order chi connectivity index (χ0) is 13.1. The van der Waals surface area contributed by atoms with Gasteiger partial charge in [0.2, 0.25) is 0 Å². The van der Waals surface area contributed by atoms with Crippen molar-refractivity contribution in [3.05, 3.63) is 43.6 Å². The fourth-order valence-electron chi connectivity index (χ4n) is 1.45. The maximum atomic E-state index is 5.34. The molecule has 1 aromatic heterocycles. The van der Waals surface area contributed by atoms with Gasteiger partial charge in [0, 0.05) is 10.5 Å². The Bertz CT molecular complexity index is 554. The summed E-state index contributed by atoms with van der Waals surface area (Å²) in [4.78, 5) is 0. The van der Waals surface area contributed by atoms with Gasteiger partial charge < -0.3 is 14.5 Å².